The van der Waals surface area contributed by atoms with Crippen molar-refractivity contribution in [3.63, 3.8) is 0 Å². The molecule has 0 aliphatic carbocycles. The van der Waals surface area contributed by atoms with Gasteiger partial charge in [-0.1, -0.05) is 0 Å². The van der Waals surface area contributed by atoms with Gasteiger partial charge in [0.2, 0.25) is 0 Å². The molecule has 0 aliphatic rings. The number of hydrogen-bond donors (Lipinski definition) is 1. The zero-order chi connectivity index (χ0) is 12.8. The summed E-state index contributed by atoms with van der Waals surface area (Å²) in [5, 5.41) is 0. The fraction of sp³-hybridized carbons (Fsp3) is 0.308. The maximum Gasteiger partial charge on any atom is 0.132 e. The molecule has 2 aromatic rings. The number of anilines is 1. The van der Waals surface area contributed by atoms with Crippen LogP contribution in [0.15, 0.2) is 36.8 Å². The third-order valence-electron chi connectivity index (χ3n) is 2.62. The van der Waals surface area contributed by atoms with Gasteiger partial charge in [0.15, 0.2) is 0 Å². The van der Waals surface area contributed by atoms with Gasteiger partial charge in [0, 0.05) is 38.6 Å². The molecule has 5 nitrogen and oxygen atoms in total. The van der Waals surface area contributed by atoms with E-state index in [1.54, 1.807) is 18.6 Å². The van der Waals surface area contributed by atoms with Crippen LogP contribution in [0.3, 0.4) is 0 Å². The van der Waals surface area contributed by atoms with E-state index in [1.807, 2.05) is 25.2 Å². The molecule has 2 rings (SSSR count). The molecule has 0 amide bonds. The Kier molecular flexibility index (Phi) is 4.20. The van der Waals surface area contributed by atoms with Gasteiger partial charge in [-0.3, -0.25) is 4.98 Å². The zero-order valence-corrected chi connectivity index (χ0v) is 10.5. The van der Waals surface area contributed by atoms with Crippen LogP contribution in [0, 0.1) is 0 Å². The molecule has 2 aromatic heterocycles. The van der Waals surface area contributed by atoms with Crippen molar-refractivity contribution in [3.8, 4) is 0 Å². The second-order valence-electron chi connectivity index (χ2n) is 4.08. The summed E-state index contributed by atoms with van der Waals surface area (Å²) in [4.78, 5) is 14.8. The molecule has 0 aromatic carbocycles. The van der Waals surface area contributed by atoms with Crippen molar-refractivity contribution in [2.75, 3.05) is 18.5 Å². The molecular weight excluding hydrogens is 226 g/mol. The number of nitrogens with two attached hydrogens (primary N) is 1. The maximum absolute atomic E-state index is 5.51. The van der Waals surface area contributed by atoms with Gasteiger partial charge in [-0.05, 0) is 30.3 Å². The first-order chi connectivity index (χ1) is 8.79. The topological polar surface area (TPSA) is 67.9 Å². The number of hydrogen-bond acceptors (Lipinski definition) is 5. The Morgan fingerprint density at radius 3 is 2.67 bits per heavy atom. The lowest BCUT2D eigenvalue weighted by Crippen LogP contribution is -2.19. The van der Waals surface area contributed by atoms with Crippen LogP contribution in [-0.4, -0.2) is 28.5 Å². The minimum atomic E-state index is 0.567. The Hall–Kier alpha value is -2.01. The maximum atomic E-state index is 5.51. The summed E-state index contributed by atoms with van der Waals surface area (Å²) in [6, 6.07) is 5.90. The average molecular weight is 243 g/mol. The van der Waals surface area contributed by atoms with Crippen LogP contribution in [0.4, 0.5) is 5.82 Å². The molecule has 5 heteroatoms. The molecule has 0 spiro atoms. The van der Waals surface area contributed by atoms with E-state index < -0.39 is 0 Å². The van der Waals surface area contributed by atoms with Crippen molar-refractivity contribution >= 4 is 5.82 Å². The molecule has 0 unspecified atom stereocenters. The van der Waals surface area contributed by atoms with Gasteiger partial charge in [-0.2, -0.15) is 0 Å². The standard InChI is InChI=1S/C13H17N5/c1-18(10-11-3-7-15-8-4-11)13-5-9-16-12(17-13)2-6-14/h3-5,7-9H,2,6,10,14H2,1H3. The van der Waals surface area contributed by atoms with Crippen LogP contribution in [0.5, 0.6) is 0 Å². The van der Waals surface area contributed by atoms with Gasteiger partial charge in [-0.15, -0.1) is 0 Å². The smallest absolute Gasteiger partial charge is 0.132 e. The van der Waals surface area contributed by atoms with E-state index in [4.69, 9.17) is 5.73 Å². The summed E-state index contributed by atoms with van der Waals surface area (Å²) < 4.78 is 0. The normalized spacial score (nSPS) is 10.3. The van der Waals surface area contributed by atoms with Crippen molar-refractivity contribution in [3.05, 3.63) is 48.2 Å². The van der Waals surface area contributed by atoms with Gasteiger partial charge in [0.25, 0.3) is 0 Å². The molecule has 2 heterocycles. The zero-order valence-electron chi connectivity index (χ0n) is 10.5. The fourth-order valence-electron chi connectivity index (χ4n) is 1.69. The van der Waals surface area contributed by atoms with Crippen molar-refractivity contribution in [2.24, 2.45) is 5.73 Å². The monoisotopic (exact) mass is 243 g/mol. The first-order valence-electron chi connectivity index (χ1n) is 5.91. The lowest BCUT2D eigenvalue weighted by molar-refractivity contribution is 0.831. The molecule has 0 atom stereocenters. The minimum Gasteiger partial charge on any atom is -0.355 e. The SMILES string of the molecule is CN(Cc1ccncc1)c1ccnc(CCN)n1. The Labute approximate surface area is 107 Å². The van der Waals surface area contributed by atoms with Gasteiger partial charge >= 0.3 is 0 Å². The summed E-state index contributed by atoms with van der Waals surface area (Å²) in [7, 11) is 2.01. The predicted molar refractivity (Wildman–Crippen MR) is 71.1 cm³/mol. The van der Waals surface area contributed by atoms with E-state index in [9.17, 15) is 0 Å². The molecule has 2 N–H and O–H groups in total. The third kappa shape index (κ3) is 3.24. The van der Waals surface area contributed by atoms with Gasteiger partial charge in [-0.25, -0.2) is 9.97 Å². The van der Waals surface area contributed by atoms with Gasteiger partial charge in [0.1, 0.15) is 11.6 Å². The van der Waals surface area contributed by atoms with Crippen molar-refractivity contribution < 1.29 is 0 Å². The molecule has 0 bridgehead atoms. The fourth-order valence-corrected chi connectivity index (χ4v) is 1.69. The van der Waals surface area contributed by atoms with E-state index in [0.29, 0.717) is 13.0 Å². The Morgan fingerprint density at radius 2 is 1.94 bits per heavy atom. The third-order valence-corrected chi connectivity index (χ3v) is 2.62. The second kappa shape index (κ2) is 6.07. The van der Waals surface area contributed by atoms with Crippen molar-refractivity contribution in [1.29, 1.82) is 0 Å². The Balaban J connectivity index is 2.08. The van der Waals surface area contributed by atoms with Gasteiger partial charge < -0.3 is 10.6 Å². The number of pyridine rings is 1. The summed E-state index contributed by atoms with van der Waals surface area (Å²) in [5.41, 5.74) is 6.71. The highest BCUT2D eigenvalue weighted by atomic mass is 15.2. The van der Waals surface area contributed by atoms with Crippen LogP contribution in [-0.2, 0) is 13.0 Å². The summed E-state index contributed by atoms with van der Waals surface area (Å²) in [6.07, 6.45) is 6.07. The molecule has 0 saturated carbocycles. The van der Waals surface area contributed by atoms with Crippen LogP contribution in [0.25, 0.3) is 0 Å². The number of nitrogens with zero attached hydrogens (tertiary/aromatic N) is 4. The van der Waals surface area contributed by atoms with Crippen molar-refractivity contribution in [1.82, 2.24) is 15.0 Å². The number of aromatic nitrogens is 3. The largest absolute Gasteiger partial charge is 0.355 e. The molecule has 0 fully saturated rings. The highest BCUT2D eigenvalue weighted by Gasteiger charge is 2.05. The first-order valence-corrected chi connectivity index (χ1v) is 5.91. The number of rotatable bonds is 5. The van der Waals surface area contributed by atoms with E-state index in [-0.39, 0.29) is 0 Å². The van der Waals surface area contributed by atoms with Crippen molar-refractivity contribution in [2.45, 2.75) is 13.0 Å². The van der Waals surface area contributed by atoms with E-state index in [0.717, 1.165) is 18.2 Å². The Bertz CT molecular complexity index is 486. The summed E-state index contributed by atoms with van der Waals surface area (Å²) >= 11 is 0. The lowest BCUT2D eigenvalue weighted by atomic mass is 10.2. The Morgan fingerprint density at radius 1 is 1.17 bits per heavy atom. The molecule has 94 valence electrons. The van der Waals surface area contributed by atoms with Crippen LogP contribution in [0.1, 0.15) is 11.4 Å². The molecule has 0 saturated heterocycles. The highest BCUT2D eigenvalue weighted by molar-refractivity contribution is 5.37. The summed E-state index contributed by atoms with van der Waals surface area (Å²) in [5.74, 6) is 1.70. The predicted octanol–water partition coefficient (Wildman–Crippen LogP) is 1.01. The van der Waals surface area contributed by atoms with Crippen LogP contribution >= 0.6 is 0 Å². The average Bonchev–Trinajstić information content (AvgIpc) is 2.40. The first kappa shape index (κ1) is 12.4. The van der Waals surface area contributed by atoms with E-state index in [1.165, 1.54) is 5.56 Å². The molecule has 18 heavy (non-hydrogen) atoms. The molecular formula is C13H17N5. The van der Waals surface area contributed by atoms with E-state index >= 15 is 0 Å². The quantitative estimate of drug-likeness (QED) is 0.848. The van der Waals surface area contributed by atoms with Crippen LogP contribution < -0.4 is 10.6 Å². The van der Waals surface area contributed by atoms with Crippen LogP contribution in [0.2, 0.25) is 0 Å². The summed E-state index contributed by atoms with van der Waals surface area (Å²) in [6.45, 7) is 1.36. The second-order valence-corrected chi connectivity index (χ2v) is 4.08. The molecule has 0 radical (unpaired) electrons. The van der Waals surface area contributed by atoms with E-state index in [2.05, 4.69) is 19.9 Å². The molecule has 0 aliphatic heterocycles. The highest BCUT2D eigenvalue weighted by Crippen LogP contribution is 2.11. The lowest BCUT2D eigenvalue weighted by Gasteiger charge is -2.18. The van der Waals surface area contributed by atoms with Gasteiger partial charge in [0.05, 0.1) is 0 Å². The minimum absolute atomic E-state index is 0.567.